The van der Waals surface area contributed by atoms with E-state index in [4.69, 9.17) is 4.74 Å². The van der Waals surface area contributed by atoms with E-state index in [0.717, 1.165) is 24.9 Å². The van der Waals surface area contributed by atoms with Crippen molar-refractivity contribution in [1.82, 2.24) is 5.32 Å². The standard InChI is InChI=1S/C15H24FNO/c1-5-8-11(3)18-15-13(12(4)17-6-2)9-7-10-14(15)16/h7,9-12,17H,5-6,8H2,1-4H3. The van der Waals surface area contributed by atoms with Gasteiger partial charge in [-0.1, -0.05) is 32.4 Å². The van der Waals surface area contributed by atoms with E-state index in [2.05, 4.69) is 12.2 Å². The number of nitrogens with one attached hydrogen (secondary N) is 1. The van der Waals surface area contributed by atoms with Crippen LogP contribution in [0.1, 0.15) is 52.1 Å². The van der Waals surface area contributed by atoms with Crippen LogP contribution in [0.15, 0.2) is 18.2 Å². The van der Waals surface area contributed by atoms with Crippen molar-refractivity contribution in [2.45, 2.75) is 52.7 Å². The van der Waals surface area contributed by atoms with Gasteiger partial charge in [0.2, 0.25) is 0 Å². The van der Waals surface area contributed by atoms with Crippen molar-refractivity contribution in [3.63, 3.8) is 0 Å². The summed E-state index contributed by atoms with van der Waals surface area (Å²) < 4.78 is 19.7. The fourth-order valence-electron chi connectivity index (χ4n) is 2.07. The molecule has 2 unspecified atom stereocenters. The van der Waals surface area contributed by atoms with Crippen LogP contribution < -0.4 is 10.1 Å². The molecular weight excluding hydrogens is 229 g/mol. The third-order valence-electron chi connectivity index (χ3n) is 2.99. The molecule has 3 heteroatoms. The molecule has 0 radical (unpaired) electrons. The maximum Gasteiger partial charge on any atom is 0.165 e. The van der Waals surface area contributed by atoms with Gasteiger partial charge in [0.1, 0.15) is 0 Å². The molecule has 0 bridgehead atoms. The molecule has 2 nitrogen and oxygen atoms in total. The minimum atomic E-state index is -0.278. The summed E-state index contributed by atoms with van der Waals surface area (Å²) in [6.07, 6.45) is 2.01. The van der Waals surface area contributed by atoms with Crippen LogP contribution in [0.5, 0.6) is 5.75 Å². The molecule has 1 aromatic carbocycles. The van der Waals surface area contributed by atoms with Crippen LogP contribution in [0, 0.1) is 5.82 Å². The number of hydrogen-bond acceptors (Lipinski definition) is 2. The summed E-state index contributed by atoms with van der Waals surface area (Å²) in [6, 6.07) is 5.20. The smallest absolute Gasteiger partial charge is 0.165 e. The van der Waals surface area contributed by atoms with E-state index in [9.17, 15) is 4.39 Å². The van der Waals surface area contributed by atoms with Gasteiger partial charge in [0.15, 0.2) is 11.6 Å². The molecule has 0 amide bonds. The van der Waals surface area contributed by atoms with E-state index in [1.54, 1.807) is 6.07 Å². The predicted molar refractivity (Wildman–Crippen MR) is 73.5 cm³/mol. The second kappa shape index (κ2) is 7.37. The van der Waals surface area contributed by atoms with Gasteiger partial charge in [-0.05, 0) is 32.9 Å². The number of para-hydroxylation sites is 1. The van der Waals surface area contributed by atoms with Crippen molar-refractivity contribution in [1.29, 1.82) is 0 Å². The number of benzene rings is 1. The zero-order valence-corrected chi connectivity index (χ0v) is 11.8. The minimum Gasteiger partial charge on any atom is -0.487 e. The van der Waals surface area contributed by atoms with Crippen molar-refractivity contribution in [3.8, 4) is 5.75 Å². The zero-order chi connectivity index (χ0) is 13.5. The largest absolute Gasteiger partial charge is 0.487 e. The molecule has 2 atom stereocenters. The van der Waals surface area contributed by atoms with Crippen LogP contribution in [0.2, 0.25) is 0 Å². The average molecular weight is 253 g/mol. The van der Waals surface area contributed by atoms with Crippen LogP contribution in [-0.4, -0.2) is 12.6 Å². The van der Waals surface area contributed by atoms with Gasteiger partial charge in [0.05, 0.1) is 6.10 Å². The molecule has 18 heavy (non-hydrogen) atoms. The van der Waals surface area contributed by atoms with Crippen LogP contribution in [0.25, 0.3) is 0 Å². The minimum absolute atomic E-state index is 0.0412. The molecular formula is C15H24FNO. The fourth-order valence-corrected chi connectivity index (χ4v) is 2.07. The van der Waals surface area contributed by atoms with E-state index in [0.29, 0.717) is 5.75 Å². The molecule has 0 saturated heterocycles. The van der Waals surface area contributed by atoms with E-state index in [1.165, 1.54) is 6.07 Å². The van der Waals surface area contributed by atoms with Gasteiger partial charge in [-0.15, -0.1) is 0 Å². The van der Waals surface area contributed by atoms with Gasteiger partial charge in [0.25, 0.3) is 0 Å². The van der Waals surface area contributed by atoms with Gasteiger partial charge in [-0.3, -0.25) is 0 Å². The Morgan fingerprint density at radius 3 is 2.61 bits per heavy atom. The Morgan fingerprint density at radius 1 is 1.28 bits per heavy atom. The van der Waals surface area contributed by atoms with Crippen molar-refractivity contribution in [2.24, 2.45) is 0 Å². The highest BCUT2D eigenvalue weighted by Crippen LogP contribution is 2.29. The molecule has 0 aromatic heterocycles. The molecule has 0 saturated carbocycles. The highest BCUT2D eigenvalue weighted by Gasteiger charge is 2.16. The van der Waals surface area contributed by atoms with Crippen molar-refractivity contribution < 1.29 is 9.13 Å². The summed E-state index contributed by atoms with van der Waals surface area (Å²) in [5.41, 5.74) is 0.889. The van der Waals surface area contributed by atoms with Crippen LogP contribution in [0.3, 0.4) is 0 Å². The lowest BCUT2D eigenvalue weighted by Gasteiger charge is -2.21. The summed E-state index contributed by atoms with van der Waals surface area (Å²) in [5, 5.41) is 3.29. The first kappa shape index (κ1) is 15.0. The second-order valence-corrected chi connectivity index (χ2v) is 4.65. The Bertz CT molecular complexity index is 368. The summed E-state index contributed by atoms with van der Waals surface area (Å²) in [7, 11) is 0. The van der Waals surface area contributed by atoms with Crippen LogP contribution in [0.4, 0.5) is 4.39 Å². The normalized spacial score (nSPS) is 14.3. The molecule has 0 aliphatic heterocycles. The van der Waals surface area contributed by atoms with Gasteiger partial charge in [-0.2, -0.15) is 0 Å². The summed E-state index contributed by atoms with van der Waals surface area (Å²) >= 11 is 0. The molecule has 1 aromatic rings. The van der Waals surface area contributed by atoms with E-state index < -0.39 is 0 Å². The molecule has 0 aliphatic rings. The Morgan fingerprint density at radius 2 is 2.00 bits per heavy atom. The number of hydrogen-bond donors (Lipinski definition) is 1. The highest BCUT2D eigenvalue weighted by molar-refractivity contribution is 5.37. The third-order valence-corrected chi connectivity index (χ3v) is 2.99. The first-order valence-electron chi connectivity index (χ1n) is 6.78. The number of halogens is 1. The van der Waals surface area contributed by atoms with Gasteiger partial charge in [-0.25, -0.2) is 4.39 Å². The van der Waals surface area contributed by atoms with Gasteiger partial charge in [0, 0.05) is 11.6 Å². The SMILES string of the molecule is CCCC(C)Oc1c(F)cccc1C(C)NCC. The Labute approximate surface area is 110 Å². The van der Waals surface area contributed by atoms with Gasteiger partial charge < -0.3 is 10.1 Å². The predicted octanol–water partition coefficient (Wildman–Crippen LogP) is 4.06. The molecule has 0 heterocycles. The average Bonchev–Trinajstić information content (AvgIpc) is 2.32. The highest BCUT2D eigenvalue weighted by atomic mass is 19.1. The Balaban J connectivity index is 2.93. The van der Waals surface area contributed by atoms with E-state index in [1.807, 2.05) is 26.8 Å². The Kier molecular flexibility index (Phi) is 6.13. The monoisotopic (exact) mass is 253 g/mol. The second-order valence-electron chi connectivity index (χ2n) is 4.65. The number of rotatable bonds is 7. The Hall–Kier alpha value is -1.09. The van der Waals surface area contributed by atoms with E-state index in [-0.39, 0.29) is 18.0 Å². The number of ether oxygens (including phenoxy) is 1. The first-order valence-corrected chi connectivity index (χ1v) is 6.78. The molecule has 1 N–H and O–H groups in total. The zero-order valence-electron chi connectivity index (χ0n) is 11.8. The van der Waals surface area contributed by atoms with Crippen LogP contribution in [-0.2, 0) is 0 Å². The molecule has 102 valence electrons. The summed E-state index contributed by atoms with van der Waals surface area (Å²) in [6.45, 7) is 8.99. The maximum absolute atomic E-state index is 13.9. The molecule has 0 fully saturated rings. The first-order chi connectivity index (χ1) is 8.60. The quantitative estimate of drug-likeness (QED) is 0.791. The van der Waals surface area contributed by atoms with Crippen molar-refractivity contribution >= 4 is 0 Å². The van der Waals surface area contributed by atoms with Crippen LogP contribution >= 0.6 is 0 Å². The molecule has 1 rings (SSSR count). The maximum atomic E-state index is 13.9. The van der Waals surface area contributed by atoms with Crippen molar-refractivity contribution in [3.05, 3.63) is 29.6 Å². The molecule has 0 aliphatic carbocycles. The van der Waals surface area contributed by atoms with E-state index >= 15 is 0 Å². The van der Waals surface area contributed by atoms with Crippen molar-refractivity contribution in [2.75, 3.05) is 6.54 Å². The fraction of sp³-hybridized carbons (Fsp3) is 0.600. The lowest BCUT2D eigenvalue weighted by atomic mass is 10.1. The summed E-state index contributed by atoms with van der Waals surface area (Å²) in [5.74, 6) is 0.118. The van der Waals surface area contributed by atoms with Gasteiger partial charge >= 0.3 is 0 Å². The lowest BCUT2D eigenvalue weighted by molar-refractivity contribution is 0.197. The third kappa shape index (κ3) is 3.98. The lowest BCUT2D eigenvalue weighted by Crippen LogP contribution is -2.20. The topological polar surface area (TPSA) is 21.3 Å². The summed E-state index contributed by atoms with van der Waals surface area (Å²) in [4.78, 5) is 0. The molecule has 0 spiro atoms.